The van der Waals surface area contributed by atoms with E-state index < -0.39 is 0 Å². The lowest BCUT2D eigenvalue weighted by molar-refractivity contribution is -0.146. The van der Waals surface area contributed by atoms with Gasteiger partial charge in [0.2, 0.25) is 23.6 Å². The van der Waals surface area contributed by atoms with Crippen LogP contribution in [-0.2, 0) is 57.3 Å². The quantitative estimate of drug-likeness (QED) is 0.0367. The number of amides is 4. The number of esters is 4. The SMILES string of the molecule is CCCNC(=O)CCN(CCCN(CCC(=O)NCCC)CCC(=O)NCCC)CCC(=O)NCCC.CCCOC(=O)CCN(CCCN(C)C)CCC(=O)OCCC.CCCOC(=O)CCN(CCCN(CCO)CCO)CCC(=O)OCCC. The molecule has 0 heterocycles. The zero-order valence-electron chi connectivity index (χ0n) is 56.3. The summed E-state index contributed by atoms with van der Waals surface area (Å²) in [5, 5.41) is 29.8. The number of nitrogens with zero attached hydrogens (tertiary/aromatic N) is 6. The normalized spacial score (nSPS) is 11.1. The first-order valence-corrected chi connectivity index (χ1v) is 33.1. The molecule has 0 saturated heterocycles. The van der Waals surface area contributed by atoms with Gasteiger partial charge in [-0.2, -0.15) is 0 Å². The Morgan fingerprint density at radius 1 is 0.287 bits per heavy atom. The third-order valence-electron chi connectivity index (χ3n) is 13.1. The van der Waals surface area contributed by atoms with Crippen molar-refractivity contribution in [3.8, 4) is 0 Å². The van der Waals surface area contributed by atoms with E-state index in [0.717, 1.165) is 110 Å². The monoisotopic (exact) mass is 1250 g/mol. The predicted octanol–water partition coefficient (Wildman–Crippen LogP) is 4.22. The fraction of sp³-hybridized carbons (Fsp3) is 0.873. The van der Waals surface area contributed by atoms with Crippen molar-refractivity contribution in [3.63, 3.8) is 0 Å². The molecule has 0 aliphatic heterocycles. The van der Waals surface area contributed by atoms with Gasteiger partial charge in [-0.05, 0) is 124 Å². The Labute approximate surface area is 525 Å². The first-order chi connectivity index (χ1) is 41.9. The summed E-state index contributed by atoms with van der Waals surface area (Å²) in [6, 6.07) is 0. The first-order valence-electron chi connectivity index (χ1n) is 33.1. The van der Waals surface area contributed by atoms with Crippen LogP contribution in [-0.4, -0.2) is 272 Å². The lowest BCUT2D eigenvalue weighted by atomic mass is 10.2. The third kappa shape index (κ3) is 61.5. The van der Waals surface area contributed by atoms with Gasteiger partial charge in [-0.3, -0.25) is 43.3 Å². The van der Waals surface area contributed by atoms with Crippen molar-refractivity contribution in [3.05, 3.63) is 0 Å². The number of rotatable bonds is 56. The molecule has 24 heteroatoms. The van der Waals surface area contributed by atoms with E-state index in [0.29, 0.717) is 169 Å². The number of carbonyl (C=O) groups excluding carboxylic acids is 8. The van der Waals surface area contributed by atoms with E-state index in [1.54, 1.807) is 0 Å². The number of nitrogens with one attached hydrogen (secondary N) is 4. The van der Waals surface area contributed by atoms with Crippen LogP contribution in [0.15, 0.2) is 0 Å². The summed E-state index contributed by atoms with van der Waals surface area (Å²) in [7, 11) is 4.07. The number of hydrogen-bond donors (Lipinski definition) is 6. The fourth-order valence-electron chi connectivity index (χ4n) is 8.21. The minimum Gasteiger partial charge on any atom is -0.466 e. The van der Waals surface area contributed by atoms with Crippen LogP contribution in [0.5, 0.6) is 0 Å². The maximum atomic E-state index is 12.1. The summed E-state index contributed by atoms with van der Waals surface area (Å²) in [5.41, 5.74) is 0. The summed E-state index contributed by atoms with van der Waals surface area (Å²) in [6.07, 6.45) is 12.4. The summed E-state index contributed by atoms with van der Waals surface area (Å²) < 4.78 is 20.4. The minimum atomic E-state index is -0.224. The fourth-order valence-corrected chi connectivity index (χ4v) is 8.21. The second kappa shape index (κ2) is 64.4. The smallest absolute Gasteiger partial charge is 0.307 e. The van der Waals surface area contributed by atoms with Crippen LogP contribution >= 0.6 is 0 Å². The highest BCUT2D eigenvalue weighted by Gasteiger charge is 2.17. The van der Waals surface area contributed by atoms with Gasteiger partial charge in [0, 0.05) is 117 Å². The van der Waals surface area contributed by atoms with E-state index in [-0.39, 0.29) is 60.7 Å². The lowest BCUT2D eigenvalue weighted by Crippen LogP contribution is -2.38. The van der Waals surface area contributed by atoms with Crippen molar-refractivity contribution in [2.75, 3.05) is 185 Å². The molecule has 0 aromatic carbocycles. The van der Waals surface area contributed by atoms with Crippen LogP contribution in [0.1, 0.15) is 177 Å². The van der Waals surface area contributed by atoms with E-state index in [4.69, 9.17) is 29.2 Å². The van der Waals surface area contributed by atoms with E-state index >= 15 is 0 Å². The molecule has 0 unspecified atom stereocenters. The van der Waals surface area contributed by atoms with Crippen LogP contribution in [0, 0.1) is 0 Å². The molecule has 0 saturated carbocycles. The Bertz CT molecular complexity index is 1550. The molecule has 0 aliphatic rings. The molecule has 512 valence electrons. The Hall–Kier alpha value is -4.56. The summed E-state index contributed by atoms with van der Waals surface area (Å²) in [6.45, 7) is 31.0. The second-order valence-corrected chi connectivity index (χ2v) is 21.8. The Morgan fingerprint density at radius 3 is 0.690 bits per heavy atom. The molecule has 0 aromatic rings. The highest BCUT2D eigenvalue weighted by molar-refractivity contribution is 5.77. The van der Waals surface area contributed by atoms with Gasteiger partial charge in [-0.25, -0.2) is 0 Å². The predicted molar refractivity (Wildman–Crippen MR) is 344 cm³/mol. The Kier molecular flexibility index (Phi) is 64.2. The molecular weight excluding hydrogens is 1120 g/mol. The maximum Gasteiger partial charge on any atom is 0.307 e. The molecular formula is C63H126N10O14. The zero-order valence-corrected chi connectivity index (χ0v) is 56.3. The summed E-state index contributed by atoms with van der Waals surface area (Å²) >= 11 is 0. The van der Waals surface area contributed by atoms with Gasteiger partial charge in [0.1, 0.15) is 0 Å². The molecule has 24 nitrogen and oxygen atoms in total. The van der Waals surface area contributed by atoms with Gasteiger partial charge in [0.15, 0.2) is 0 Å². The van der Waals surface area contributed by atoms with Gasteiger partial charge >= 0.3 is 23.9 Å². The number of aliphatic hydroxyl groups excluding tert-OH is 2. The van der Waals surface area contributed by atoms with Crippen molar-refractivity contribution < 1.29 is 67.5 Å². The van der Waals surface area contributed by atoms with Gasteiger partial charge in [0.05, 0.1) is 65.3 Å². The average Bonchev–Trinajstić information content (AvgIpc) is 3.57. The molecule has 0 bridgehead atoms. The minimum absolute atomic E-state index is 0.0279. The van der Waals surface area contributed by atoms with Crippen molar-refractivity contribution in [2.24, 2.45) is 0 Å². The zero-order chi connectivity index (χ0) is 65.6. The Balaban J connectivity index is -0.00000126. The van der Waals surface area contributed by atoms with Gasteiger partial charge in [-0.1, -0.05) is 55.4 Å². The van der Waals surface area contributed by atoms with E-state index in [2.05, 4.69) is 45.8 Å². The average molecular weight is 1250 g/mol. The number of hydrogen-bond acceptors (Lipinski definition) is 20. The topological polar surface area (TPSA) is 282 Å². The van der Waals surface area contributed by atoms with Crippen molar-refractivity contribution in [2.45, 2.75) is 177 Å². The van der Waals surface area contributed by atoms with Crippen molar-refractivity contribution >= 4 is 47.5 Å². The largest absolute Gasteiger partial charge is 0.466 e. The molecule has 0 spiro atoms. The van der Waals surface area contributed by atoms with Crippen molar-refractivity contribution in [1.82, 2.24) is 50.7 Å². The van der Waals surface area contributed by atoms with Crippen LogP contribution in [0.25, 0.3) is 0 Å². The molecule has 0 fully saturated rings. The highest BCUT2D eigenvalue weighted by Crippen LogP contribution is 2.06. The third-order valence-corrected chi connectivity index (χ3v) is 13.1. The van der Waals surface area contributed by atoms with E-state index in [1.807, 2.05) is 74.4 Å². The molecule has 0 aliphatic carbocycles. The molecule has 4 amide bonds. The van der Waals surface area contributed by atoms with E-state index in [1.165, 1.54) is 0 Å². The Morgan fingerprint density at radius 2 is 0.494 bits per heavy atom. The molecule has 87 heavy (non-hydrogen) atoms. The standard InChI is InChI=1S/C27H54N6O4.C19H38N2O6.C17H34N2O4/c1-5-14-28-24(34)10-20-32(21-11-25(35)29-15-6-2)18-9-19-33(22-12-26(36)30-16-7-3)23-13-27(37)31-17-8-4;1-3-16-26-18(24)6-10-20(11-7-19(25)27-17-4-2)8-5-9-21(12-14-22)13-15-23;1-5-14-22-16(20)8-12-19(11-7-10-18(3)4)13-9-17(21)23-15-6-2/h5-23H2,1-4H3,(H,28,34)(H,29,35)(H,30,36)(H,31,37);22-23H,3-17H2,1-2H3;5-15H2,1-4H3. The second-order valence-electron chi connectivity index (χ2n) is 21.8. The van der Waals surface area contributed by atoms with Gasteiger partial charge < -0.3 is 74.9 Å². The van der Waals surface area contributed by atoms with Crippen LogP contribution in [0.2, 0.25) is 0 Å². The molecule has 0 aromatic heterocycles. The maximum absolute atomic E-state index is 12.1. The number of ether oxygens (including phenoxy) is 4. The lowest BCUT2D eigenvalue weighted by Gasteiger charge is -2.25. The molecule has 0 atom stereocenters. The summed E-state index contributed by atoms with van der Waals surface area (Å²) in [4.78, 5) is 108. The van der Waals surface area contributed by atoms with Crippen molar-refractivity contribution in [1.29, 1.82) is 0 Å². The van der Waals surface area contributed by atoms with Gasteiger partial charge in [0.25, 0.3) is 0 Å². The summed E-state index contributed by atoms with van der Waals surface area (Å²) in [5.74, 6) is -0.674. The first kappa shape index (κ1) is 86.6. The van der Waals surface area contributed by atoms with Gasteiger partial charge in [-0.15, -0.1) is 0 Å². The number of aliphatic hydroxyl groups is 2. The highest BCUT2D eigenvalue weighted by atomic mass is 16.5. The van der Waals surface area contributed by atoms with E-state index in [9.17, 15) is 38.4 Å². The molecule has 6 N–H and O–H groups in total. The number of carbonyl (C=O) groups is 8. The van der Waals surface area contributed by atoms with Crippen LogP contribution < -0.4 is 21.3 Å². The van der Waals surface area contributed by atoms with Crippen LogP contribution in [0.3, 0.4) is 0 Å². The molecule has 0 radical (unpaired) electrons. The molecule has 0 rings (SSSR count). The van der Waals surface area contributed by atoms with Crippen LogP contribution in [0.4, 0.5) is 0 Å².